The van der Waals surface area contributed by atoms with E-state index in [1.807, 2.05) is 13.8 Å². The van der Waals surface area contributed by atoms with Gasteiger partial charge in [0, 0.05) is 12.2 Å². The molecule has 1 rings (SSSR count). The summed E-state index contributed by atoms with van der Waals surface area (Å²) in [4.78, 5) is 28.5. The van der Waals surface area contributed by atoms with Crippen LogP contribution >= 0.6 is 0 Å². The van der Waals surface area contributed by atoms with E-state index in [1.54, 1.807) is 23.2 Å². The summed E-state index contributed by atoms with van der Waals surface area (Å²) >= 11 is 0. The molecular weight excluding hydrogens is 234 g/mol. The van der Waals surface area contributed by atoms with E-state index in [9.17, 15) is 9.59 Å². The van der Waals surface area contributed by atoms with Crippen LogP contribution in [0.4, 0.5) is 5.82 Å². The van der Waals surface area contributed by atoms with Crippen LogP contribution < -0.4 is 10.6 Å². The molecule has 0 fully saturated rings. The second-order valence-electron chi connectivity index (χ2n) is 4.04. The fourth-order valence-corrected chi connectivity index (χ4v) is 1.52. The van der Waals surface area contributed by atoms with Gasteiger partial charge in [-0.25, -0.2) is 4.98 Å². The van der Waals surface area contributed by atoms with Crippen LogP contribution in [0.2, 0.25) is 0 Å². The predicted molar refractivity (Wildman–Crippen MR) is 67.3 cm³/mol. The third-order valence-corrected chi connectivity index (χ3v) is 2.47. The Bertz CT molecular complexity index is 446. The molecule has 2 N–H and O–H groups in total. The molecule has 0 radical (unpaired) electrons. The Morgan fingerprint density at radius 1 is 1.50 bits per heavy atom. The van der Waals surface area contributed by atoms with Crippen molar-refractivity contribution in [2.75, 3.05) is 18.6 Å². The van der Waals surface area contributed by atoms with Crippen LogP contribution in [0.15, 0.2) is 18.3 Å². The summed E-state index contributed by atoms with van der Waals surface area (Å²) in [6.07, 6.45) is 1.55. The zero-order valence-electron chi connectivity index (χ0n) is 10.7. The highest BCUT2D eigenvalue weighted by molar-refractivity contribution is 5.98. The first-order valence-corrected chi connectivity index (χ1v) is 5.55. The maximum absolute atomic E-state index is 11.4. The molecule has 0 spiro atoms. The summed E-state index contributed by atoms with van der Waals surface area (Å²) in [5, 5.41) is 0. The van der Waals surface area contributed by atoms with E-state index < -0.39 is 11.9 Å². The molecule has 0 aliphatic rings. The third kappa shape index (κ3) is 3.19. The van der Waals surface area contributed by atoms with Gasteiger partial charge in [-0.15, -0.1) is 0 Å². The standard InChI is InChI=1S/C12H17N3O3/c1-8(2)15(7-10(16)18-3)12-9(11(13)17)5-4-6-14-12/h4-6,8H,7H2,1-3H3,(H2,13,17). The molecule has 0 unspecified atom stereocenters. The number of anilines is 1. The fraction of sp³-hybridized carbons (Fsp3) is 0.417. The first-order valence-electron chi connectivity index (χ1n) is 5.55. The second kappa shape index (κ2) is 6.00. The van der Waals surface area contributed by atoms with Gasteiger partial charge in [-0.05, 0) is 26.0 Å². The van der Waals surface area contributed by atoms with Crippen LogP contribution in [-0.2, 0) is 9.53 Å². The quantitative estimate of drug-likeness (QED) is 0.773. The Kier molecular flexibility index (Phi) is 4.65. The van der Waals surface area contributed by atoms with Gasteiger partial charge in [0.15, 0.2) is 0 Å². The number of ether oxygens (including phenoxy) is 1. The topological polar surface area (TPSA) is 85.5 Å². The van der Waals surface area contributed by atoms with Crippen LogP contribution in [0.5, 0.6) is 0 Å². The van der Waals surface area contributed by atoms with Crippen molar-refractivity contribution in [3.05, 3.63) is 23.9 Å². The molecule has 18 heavy (non-hydrogen) atoms. The Morgan fingerprint density at radius 3 is 2.67 bits per heavy atom. The lowest BCUT2D eigenvalue weighted by atomic mass is 10.2. The highest BCUT2D eigenvalue weighted by Gasteiger charge is 2.21. The first kappa shape index (κ1) is 14.0. The Hall–Kier alpha value is -2.11. The average Bonchev–Trinajstić information content (AvgIpc) is 2.35. The van der Waals surface area contributed by atoms with E-state index in [1.165, 1.54) is 7.11 Å². The maximum Gasteiger partial charge on any atom is 0.325 e. The van der Waals surface area contributed by atoms with Crippen LogP contribution in [0.3, 0.4) is 0 Å². The van der Waals surface area contributed by atoms with E-state index >= 15 is 0 Å². The highest BCUT2D eigenvalue weighted by atomic mass is 16.5. The smallest absolute Gasteiger partial charge is 0.325 e. The summed E-state index contributed by atoms with van der Waals surface area (Å²) in [6, 6.07) is 3.19. The van der Waals surface area contributed by atoms with Gasteiger partial charge >= 0.3 is 5.97 Å². The Morgan fingerprint density at radius 2 is 2.17 bits per heavy atom. The number of rotatable bonds is 5. The number of amides is 1. The lowest BCUT2D eigenvalue weighted by Gasteiger charge is -2.27. The minimum atomic E-state index is -0.575. The number of pyridine rings is 1. The summed E-state index contributed by atoms with van der Waals surface area (Å²) in [6.45, 7) is 3.80. The zero-order valence-corrected chi connectivity index (χ0v) is 10.7. The number of carbonyl (C=O) groups excluding carboxylic acids is 2. The summed E-state index contributed by atoms with van der Waals surface area (Å²) in [5.74, 6) is -0.580. The molecule has 6 nitrogen and oxygen atoms in total. The van der Waals surface area contributed by atoms with E-state index in [2.05, 4.69) is 9.72 Å². The van der Waals surface area contributed by atoms with Crippen LogP contribution in [0.1, 0.15) is 24.2 Å². The molecule has 1 heterocycles. The van der Waals surface area contributed by atoms with Crippen molar-refractivity contribution in [1.82, 2.24) is 4.98 Å². The molecule has 0 aromatic carbocycles. The molecule has 0 saturated heterocycles. The normalized spacial score (nSPS) is 10.2. The van der Waals surface area contributed by atoms with Gasteiger partial charge in [-0.2, -0.15) is 0 Å². The van der Waals surface area contributed by atoms with Gasteiger partial charge in [-0.3, -0.25) is 9.59 Å². The van der Waals surface area contributed by atoms with Gasteiger partial charge in [0.1, 0.15) is 12.4 Å². The second-order valence-corrected chi connectivity index (χ2v) is 4.04. The van der Waals surface area contributed by atoms with E-state index in [4.69, 9.17) is 5.73 Å². The van der Waals surface area contributed by atoms with Crippen molar-refractivity contribution in [2.24, 2.45) is 5.73 Å². The van der Waals surface area contributed by atoms with Crippen molar-refractivity contribution >= 4 is 17.7 Å². The summed E-state index contributed by atoms with van der Waals surface area (Å²) in [7, 11) is 1.31. The van der Waals surface area contributed by atoms with E-state index in [0.29, 0.717) is 5.82 Å². The van der Waals surface area contributed by atoms with Crippen molar-refractivity contribution < 1.29 is 14.3 Å². The number of hydrogen-bond donors (Lipinski definition) is 1. The Balaban J connectivity index is 3.13. The number of esters is 1. The van der Waals surface area contributed by atoms with Gasteiger partial charge in [0.25, 0.3) is 5.91 Å². The van der Waals surface area contributed by atoms with Gasteiger partial charge in [0.05, 0.1) is 12.7 Å². The molecule has 0 bridgehead atoms. The van der Waals surface area contributed by atoms with E-state index in [-0.39, 0.29) is 18.2 Å². The molecule has 0 aliphatic heterocycles. The molecule has 0 aliphatic carbocycles. The van der Waals surface area contributed by atoms with Crippen LogP contribution in [-0.4, -0.2) is 36.6 Å². The minimum Gasteiger partial charge on any atom is -0.468 e. The number of methoxy groups -OCH3 is 1. The maximum atomic E-state index is 11.4. The molecular formula is C12H17N3O3. The number of primary amides is 1. The number of nitrogens with zero attached hydrogens (tertiary/aromatic N) is 2. The average molecular weight is 251 g/mol. The SMILES string of the molecule is COC(=O)CN(c1ncccc1C(N)=O)C(C)C. The van der Waals surface area contributed by atoms with Gasteiger partial charge < -0.3 is 15.4 Å². The molecule has 98 valence electrons. The number of hydrogen-bond acceptors (Lipinski definition) is 5. The molecule has 6 heteroatoms. The lowest BCUT2D eigenvalue weighted by molar-refractivity contribution is -0.139. The largest absolute Gasteiger partial charge is 0.468 e. The number of carbonyl (C=O) groups is 2. The zero-order chi connectivity index (χ0) is 13.7. The van der Waals surface area contributed by atoms with E-state index in [0.717, 1.165) is 0 Å². The lowest BCUT2D eigenvalue weighted by Crippen LogP contribution is -2.38. The summed E-state index contributed by atoms with van der Waals surface area (Å²) < 4.78 is 4.63. The molecule has 1 amide bonds. The van der Waals surface area contributed by atoms with Crippen molar-refractivity contribution in [3.8, 4) is 0 Å². The van der Waals surface area contributed by atoms with Crippen molar-refractivity contribution in [3.63, 3.8) is 0 Å². The third-order valence-electron chi connectivity index (χ3n) is 2.47. The van der Waals surface area contributed by atoms with Crippen LogP contribution in [0, 0.1) is 0 Å². The first-order chi connectivity index (χ1) is 8.47. The monoisotopic (exact) mass is 251 g/mol. The minimum absolute atomic E-state index is 0.0166. The van der Waals surface area contributed by atoms with Crippen LogP contribution in [0.25, 0.3) is 0 Å². The van der Waals surface area contributed by atoms with Crippen molar-refractivity contribution in [2.45, 2.75) is 19.9 Å². The molecule has 1 aromatic rings. The predicted octanol–water partition coefficient (Wildman–Crippen LogP) is 0.568. The number of nitrogens with two attached hydrogens (primary N) is 1. The highest BCUT2D eigenvalue weighted by Crippen LogP contribution is 2.19. The van der Waals surface area contributed by atoms with Gasteiger partial charge in [-0.1, -0.05) is 0 Å². The molecule has 1 aromatic heterocycles. The summed E-state index contributed by atoms with van der Waals surface area (Å²) in [5.41, 5.74) is 5.58. The number of aromatic nitrogens is 1. The van der Waals surface area contributed by atoms with Gasteiger partial charge in [0.2, 0.25) is 0 Å². The van der Waals surface area contributed by atoms with Crippen molar-refractivity contribution in [1.29, 1.82) is 0 Å². The fourth-order valence-electron chi connectivity index (χ4n) is 1.52. The Labute approximate surface area is 106 Å². The molecule has 0 saturated carbocycles. The molecule has 0 atom stereocenters.